The third-order valence-corrected chi connectivity index (χ3v) is 5.91. The van der Waals surface area contributed by atoms with Crippen molar-refractivity contribution in [1.82, 2.24) is 14.9 Å². The minimum Gasteiger partial charge on any atom is -0.359 e. The smallest absolute Gasteiger partial charge is 0.230 e. The molecule has 2 aliphatic rings. The molecule has 31 heavy (non-hydrogen) atoms. The number of rotatable bonds is 4. The number of hydrogen-bond acceptors (Lipinski definition) is 5. The Labute approximate surface area is 180 Å². The lowest BCUT2D eigenvalue weighted by molar-refractivity contribution is -0.120. The Morgan fingerprint density at radius 2 is 1.97 bits per heavy atom. The minimum absolute atomic E-state index is 0.0183. The molecule has 1 fully saturated rings. The molecule has 0 spiro atoms. The molecule has 2 amide bonds. The molecule has 1 aliphatic carbocycles. The molecule has 1 unspecified atom stereocenters. The molecule has 3 heterocycles. The van der Waals surface area contributed by atoms with Crippen molar-refractivity contribution in [3.05, 3.63) is 48.1 Å². The van der Waals surface area contributed by atoms with Gasteiger partial charge in [-0.3, -0.25) is 14.3 Å². The van der Waals surface area contributed by atoms with Crippen LogP contribution in [0.1, 0.15) is 38.1 Å². The normalized spacial score (nSPS) is 18.2. The van der Waals surface area contributed by atoms with Gasteiger partial charge in [0.05, 0.1) is 29.3 Å². The molecule has 1 aromatic carbocycles. The summed E-state index contributed by atoms with van der Waals surface area (Å²) in [6.45, 7) is 6.44. The van der Waals surface area contributed by atoms with E-state index in [1.54, 1.807) is 22.7 Å². The van der Waals surface area contributed by atoms with E-state index in [4.69, 9.17) is 4.52 Å². The summed E-state index contributed by atoms with van der Waals surface area (Å²) in [5, 5.41) is 8.35. The molecule has 1 atom stereocenters. The van der Waals surface area contributed by atoms with Crippen molar-refractivity contribution in [1.29, 1.82) is 0 Å². The number of benzene rings is 1. The van der Waals surface area contributed by atoms with Crippen LogP contribution in [0.25, 0.3) is 11.1 Å². The van der Waals surface area contributed by atoms with E-state index in [0.717, 1.165) is 46.8 Å². The van der Waals surface area contributed by atoms with Crippen molar-refractivity contribution in [3.8, 4) is 11.1 Å². The van der Waals surface area contributed by atoms with Crippen LogP contribution in [0.5, 0.6) is 0 Å². The molecule has 2 aromatic heterocycles. The average molecular weight is 419 g/mol. The summed E-state index contributed by atoms with van der Waals surface area (Å²) in [6, 6.07) is 7.74. The molecule has 8 heteroatoms. The van der Waals surface area contributed by atoms with Gasteiger partial charge >= 0.3 is 0 Å². The maximum Gasteiger partial charge on any atom is 0.230 e. The fraction of sp³-hybridized carbons (Fsp3) is 0.391. The van der Waals surface area contributed by atoms with Gasteiger partial charge in [0, 0.05) is 37.2 Å². The SMILES string of the molecule is CC(=O)N1c2ccc(-c3cnn(Cc4cc(C)no4)c3)cc2N(C(=O)C2CC2)CC1C. The standard InChI is InChI=1S/C23H25N5O3/c1-14-8-20(31-25-14)13-26-12-19(10-24-26)18-6-7-21-22(9-18)27(23(30)17-4-5-17)11-15(2)28(21)16(3)29/h6-10,12,15,17H,4-5,11,13H2,1-3H3. The first-order valence-electron chi connectivity index (χ1n) is 10.6. The molecule has 0 saturated heterocycles. The number of aromatic nitrogens is 3. The van der Waals surface area contributed by atoms with Crippen molar-refractivity contribution in [2.75, 3.05) is 16.3 Å². The van der Waals surface area contributed by atoms with Gasteiger partial charge in [-0.25, -0.2) is 0 Å². The average Bonchev–Trinajstić information content (AvgIpc) is 3.36. The van der Waals surface area contributed by atoms with Crippen LogP contribution in [0.15, 0.2) is 41.2 Å². The van der Waals surface area contributed by atoms with Crippen LogP contribution in [0.3, 0.4) is 0 Å². The Morgan fingerprint density at radius 1 is 1.16 bits per heavy atom. The molecular formula is C23H25N5O3. The summed E-state index contributed by atoms with van der Waals surface area (Å²) in [4.78, 5) is 29.0. The highest BCUT2D eigenvalue weighted by Gasteiger charge is 2.39. The first kappa shape index (κ1) is 19.5. The van der Waals surface area contributed by atoms with E-state index in [0.29, 0.717) is 13.1 Å². The van der Waals surface area contributed by atoms with Gasteiger partial charge in [-0.15, -0.1) is 0 Å². The number of hydrogen-bond donors (Lipinski definition) is 0. The molecule has 160 valence electrons. The van der Waals surface area contributed by atoms with Crippen LogP contribution in [0.2, 0.25) is 0 Å². The summed E-state index contributed by atoms with van der Waals surface area (Å²) in [7, 11) is 0. The predicted octanol–water partition coefficient (Wildman–Crippen LogP) is 3.39. The van der Waals surface area contributed by atoms with Crippen LogP contribution < -0.4 is 9.80 Å². The zero-order chi connectivity index (χ0) is 21.7. The number of carbonyl (C=O) groups excluding carboxylic acids is 2. The molecule has 5 rings (SSSR count). The van der Waals surface area contributed by atoms with E-state index in [1.807, 2.05) is 49.2 Å². The number of amides is 2. The molecule has 3 aromatic rings. The Hall–Kier alpha value is -3.42. The van der Waals surface area contributed by atoms with Crippen LogP contribution in [0.4, 0.5) is 11.4 Å². The first-order valence-corrected chi connectivity index (χ1v) is 10.6. The van der Waals surface area contributed by atoms with Crippen LogP contribution in [-0.4, -0.2) is 39.3 Å². The molecule has 0 radical (unpaired) electrons. The van der Waals surface area contributed by atoms with E-state index in [2.05, 4.69) is 10.3 Å². The van der Waals surface area contributed by atoms with Crippen LogP contribution in [-0.2, 0) is 16.1 Å². The maximum absolute atomic E-state index is 13.0. The summed E-state index contributed by atoms with van der Waals surface area (Å²) in [5.41, 5.74) is 4.30. The second kappa shape index (κ2) is 7.37. The van der Waals surface area contributed by atoms with Gasteiger partial charge in [0.25, 0.3) is 0 Å². The molecule has 0 bridgehead atoms. The number of nitrogens with zero attached hydrogens (tertiary/aromatic N) is 5. The molecule has 0 N–H and O–H groups in total. The van der Waals surface area contributed by atoms with Crippen molar-refractivity contribution in [3.63, 3.8) is 0 Å². The van der Waals surface area contributed by atoms with E-state index in [9.17, 15) is 9.59 Å². The summed E-state index contributed by atoms with van der Waals surface area (Å²) < 4.78 is 7.08. The number of anilines is 2. The number of aryl methyl sites for hydroxylation is 1. The van der Waals surface area contributed by atoms with E-state index < -0.39 is 0 Å². The van der Waals surface area contributed by atoms with Gasteiger partial charge in [-0.1, -0.05) is 11.2 Å². The molecule has 1 saturated carbocycles. The molecule has 1 aliphatic heterocycles. The van der Waals surface area contributed by atoms with Crippen molar-refractivity contribution < 1.29 is 14.1 Å². The summed E-state index contributed by atoms with van der Waals surface area (Å²) in [5.74, 6) is 0.991. The lowest BCUT2D eigenvalue weighted by Crippen LogP contribution is -2.51. The zero-order valence-electron chi connectivity index (χ0n) is 17.9. The zero-order valence-corrected chi connectivity index (χ0v) is 17.9. The van der Waals surface area contributed by atoms with Crippen molar-refractivity contribution in [2.45, 2.75) is 46.2 Å². The minimum atomic E-state index is -0.0633. The Bertz CT molecular complexity index is 1160. The molecule has 8 nitrogen and oxygen atoms in total. The second-order valence-electron chi connectivity index (χ2n) is 8.53. The van der Waals surface area contributed by atoms with Gasteiger partial charge in [-0.05, 0) is 44.4 Å². The van der Waals surface area contributed by atoms with Crippen LogP contribution >= 0.6 is 0 Å². The highest BCUT2D eigenvalue weighted by Crippen LogP contribution is 2.42. The van der Waals surface area contributed by atoms with Gasteiger partial charge in [-0.2, -0.15) is 5.10 Å². The summed E-state index contributed by atoms with van der Waals surface area (Å²) >= 11 is 0. The topological polar surface area (TPSA) is 84.5 Å². The van der Waals surface area contributed by atoms with Gasteiger partial charge in [0.1, 0.15) is 6.54 Å². The quantitative estimate of drug-likeness (QED) is 0.647. The van der Waals surface area contributed by atoms with E-state index >= 15 is 0 Å². The Kier molecular flexibility index (Phi) is 4.64. The number of carbonyl (C=O) groups is 2. The third-order valence-electron chi connectivity index (χ3n) is 5.91. The van der Waals surface area contributed by atoms with Gasteiger partial charge < -0.3 is 14.3 Å². The lowest BCUT2D eigenvalue weighted by atomic mass is 10.0. The Morgan fingerprint density at radius 3 is 2.65 bits per heavy atom. The Balaban J connectivity index is 1.49. The largest absolute Gasteiger partial charge is 0.359 e. The first-order chi connectivity index (χ1) is 14.9. The van der Waals surface area contributed by atoms with Crippen molar-refractivity contribution >= 4 is 23.2 Å². The predicted molar refractivity (Wildman–Crippen MR) is 116 cm³/mol. The monoisotopic (exact) mass is 419 g/mol. The fourth-order valence-electron chi connectivity index (χ4n) is 4.29. The van der Waals surface area contributed by atoms with Gasteiger partial charge in [0.15, 0.2) is 5.76 Å². The molecular weight excluding hydrogens is 394 g/mol. The highest BCUT2D eigenvalue weighted by molar-refractivity contribution is 6.06. The van der Waals surface area contributed by atoms with Crippen LogP contribution in [0, 0.1) is 12.8 Å². The number of fused-ring (bicyclic) bond motifs is 1. The summed E-state index contributed by atoms with van der Waals surface area (Å²) in [6.07, 6.45) is 5.64. The van der Waals surface area contributed by atoms with E-state index in [-0.39, 0.29) is 23.8 Å². The third kappa shape index (κ3) is 3.62. The second-order valence-corrected chi connectivity index (χ2v) is 8.53. The fourth-order valence-corrected chi connectivity index (χ4v) is 4.29. The van der Waals surface area contributed by atoms with Gasteiger partial charge in [0.2, 0.25) is 11.8 Å². The van der Waals surface area contributed by atoms with E-state index in [1.165, 1.54) is 0 Å². The lowest BCUT2D eigenvalue weighted by Gasteiger charge is -2.41. The highest BCUT2D eigenvalue weighted by atomic mass is 16.5. The van der Waals surface area contributed by atoms with Crippen molar-refractivity contribution in [2.24, 2.45) is 5.92 Å². The maximum atomic E-state index is 13.0.